The highest BCUT2D eigenvalue weighted by atomic mass is 16.5. The van der Waals surface area contributed by atoms with Crippen molar-refractivity contribution in [1.29, 1.82) is 5.26 Å². The van der Waals surface area contributed by atoms with Crippen LogP contribution in [0.4, 0.5) is 0 Å². The van der Waals surface area contributed by atoms with E-state index in [-0.39, 0.29) is 0 Å². The van der Waals surface area contributed by atoms with Crippen LogP contribution in [0.2, 0.25) is 0 Å². The molecule has 0 aliphatic rings. The maximum Gasteiger partial charge on any atom is 0.149 e. The zero-order chi connectivity index (χ0) is 15.5. The number of nitrogens with zero attached hydrogens (tertiary/aromatic N) is 2. The number of benzene rings is 2. The van der Waals surface area contributed by atoms with Gasteiger partial charge in [0.2, 0.25) is 0 Å². The number of aromatic nitrogens is 2. The number of nitrogens with one attached hydrogen (secondary N) is 1. The first kappa shape index (κ1) is 13.9. The van der Waals surface area contributed by atoms with Gasteiger partial charge in [0, 0.05) is 0 Å². The molecule has 3 aromatic rings. The van der Waals surface area contributed by atoms with Crippen LogP contribution in [0.1, 0.15) is 17.0 Å². The third-order valence-corrected chi connectivity index (χ3v) is 3.51. The van der Waals surface area contributed by atoms with E-state index in [0.29, 0.717) is 11.4 Å². The molecule has 4 nitrogen and oxygen atoms in total. The molecule has 4 heteroatoms. The summed E-state index contributed by atoms with van der Waals surface area (Å²) in [4.78, 5) is 7.64. The number of methoxy groups -OCH3 is 1. The van der Waals surface area contributed by atoms with Crippen molar-refractivity contribution in [3.05, 3.63) is 59.4 Å². The van der Waals surface area contributed by atoms with Crippen molar-refractivity contribution in [2.45, 2.75) is 6.92 Å². The van der Waals surface area contributed by atoms with Crippen LogP contribution in [-0.4, -0.2) is 17.1 Å². The van der Waals surface area contributed by atoms with Gasteiger partial charge in [-0.15, -0.1) is 0 Å². The molecular weight excluding hydrogens is 274 g/mol. The Kier molecular flexibility index (Phi) is 3.63. The van der Waals surface area contributed by atoms with Gasteiger partial charge in [0.25, 0.3) is 0 Å². The standard InChI is InChI=1S/C18H15N3O/c1-12-7-8-13(10-17(12)22-2)9-14(11-19)18-20-15-5-3-4-6-16(15)21-18/h3-10H,1-2H3,(H,20,21)/b14-9+. The van der Waals surface area contributed by atoms with Gasteiger partial charge in [-0.3, -0.25) is 0 Å². The Morgan fingerprint density at radius 3 is 2.82 bits per heavy atom. The molecule has 1 heterocycles. The minimum Gasteiger partial charge on any atom is -0.496 e. The van der Waals surface area contributed by atoms with E-state index in [0.717, 1.165) is 27.9 Å². The van der Waals surface area contributed by atoms with Crippen LogP contribution in [-0.2, 0) is 0 Å². The smallest absolute Gasteiger partial charge is 0.149 e. The Balaban J connectivity index is 2.05. The molecule has 1 N–H and O–H groups in total. The Hall–Kier alpha value is -3.06. The first-order valence-corrected chi connectivity index (χ1v) is 6.93. The van der Waals surface area contributed by atoms with Crippen molar-refractivity contribution in [2.75, 3.05) is 7.11 Å². The Labute approximate surface area is 128 Å². The number of H-pyrrole nitrogens is 1. The van der Waals surface area contributed by atoms with E-state index in [2.05, 4.69) is 16.0 Å². The lowest BCUT2D eigenvalue weighted by Gasteiger charge is -2.05. The number of fused-ring (bicyclic) bond motifs is 1. The van der Waals surface area contributed by atoms with Gasteiger partial charge in [-0.1, -0.05) is 24.3 Å². The minimum atomic E-state index is 0.488. The van der Waals surface area contributed by atoms with Crippen molar-refractivity contribution in [3.63, 3.8) is 0 Å². The van der Waals surface area contributed by atoms with Crippen molar-refractivity contribution in [3.8, 4) is 11.8 Å². The summed E-state index contributed by atoms with van der Waals surface area (Å²) in [5, 5.41) is 9.44. The van der Waals surface area contributed by atoms with Crippen LogP contribution >= 0.6 is 0 Å². The Morgan fingerprint density at radius 2 is 2.09 bits per heavy atom. The highest BCUT2D eigenvalue weighted by Gasteiger charge is 2.08. The number of allylic oxidation sites excluding steroid dienone is 1. The zero-order valence-electron chi connectivity index (χ0n) is 12.4. The first-order valence-electron chi connectivity index (χ1n) is 6.93. The molecule has 0 spiro atoms. The van der Waals surface area contributed by atoms with Gasteiger partial charge in [0.1, 0.15) is 17.6 Å². The summed E-state index contributed by atoms with van der Waals surface area (Å²) in [7, 11) is 1.64. The molecule has 2 aromatic carbocycles. The van der Waals surface area contributed by atoms with E-state index >= 15 is 0 Å². The molecule has 0 aliphatic heterocycles. The normalized spacial score (nSPS) is 11.4. The molecule has 3 rings (SSSR count). The number of hydrogen-bond acceptors (Lipinski definition) is 3. The summed E-state index contributed by atoms with van der Waals surface area (Å²) < 4.78 is 5.32. The molecule has 22 heavy (non-hydrogen) atoms. The quantitative estimate of drug-likeness (QED) is 0.743. The van der Waals surface area contributed by atoms with Gasteiger partial charge >= 0.3 is 0 Å². The van der Waals surface area contributed by atoms with Crippen molar-refractivity contribution < 1.29 is 4.74 Å². The predicted molar refractivity (Wildman–Crippen MR) is 87.3 cm³/mol. The number of imidazole rings is 1. The monoisotopic (exact) mass is 289 g/mol. The number of rotatable bonds is 3. The van der Waals surface area contributed by atoms with E-state index in [1.807, 2.05) is 49.4 Å². The lowest BCUT2D eigenvalue weighted by Crippen LogP contribution is -1.89. The summed E-state index contributed by atoms with van der Waals surface area (Å²) in [6.07, 6.45) is 1.81. The third kappa shape index (κ3) is 2.57. The van der Waals surface area contributed by atoms with Crippen molar-refractivity contribution in [2.24, 2.45) is 0 Å². The maximum atomic E-state index is 9.44. The largest absolute Gasteiger partial charge is 0.496 e. The summed E-state index contributed by atoms with van der Waals surface area (Å²) in [6.45, 7) is 1.98. The van der Waals surface area contributed by atoms with Crippen LogP contribution in [0, 0.1) is 18.3 Å². The SMILES string of the molecule is COc1cc(/C=C(\C#N)c2nc3ccccc3[nH]2)ccc1C. The number of aromatic amines is 1. The molecule has 0 unspecified atom stereocenters. The van der Waals surface area contributed by atoms with Crippen LogP contribution in [0.3, 0.4) is 0 Å². The molecule has 0 aliphatic carbocycles. The summed E-state index contributed by atoms with van der Waals surface area (Å²) in [6, 6.07) is 15.8. The fraction of sp³-hybridized carbons (Fsp3) is 0.111. The highest BCUT2D eigenvalue weighted by molar-refractivity contribution is 5.90. The average Bonchev–Trinajstić information content (AvgIpc) is 2.97. The summed E-state index contributed by atoms with van der Waals surface area (Å²) in [5.74, 6) is 1.37. The fourth-order valence-corrected chi connectivity index (χ4v) is 2.33. The molecule has 1 aromatic heterocycles. The molecule has 0 atom stereocenters. The molecule has 0 saturated carbocycles. The van der Waals surface area contributed by atoms with Crippen LogP contribution in [0.5, 0.6) is 5.75 Å². The summed E-state index contributed by atoms with van der Waals surface area (Å²) >= 11 is 0. The van der Waals surface area contributed by atoms with E-state index in [9.17, 15) is 5.26 Å². The molecule has 0 bridgehead atoms. The van der Waals surface area contributed by atoms with E-state index in [1.165, 1.54) is 0 Å². The number of aryl methyl sites for hydroxylation is 1. The van der Waals surface area contributed by atoms with Crippen LogP contribution < -0.4 is 4.74 Å². The van der Waals surface area contributed by atoms with Gasteiger partial charge in [0.15, 0.2) is 0 Å². The second kappa shape index (κ2) is 5.74. The van der Waals surface area contributed by atoms with Gasteiger partial charge in [-0.05, 0) is 42.3 Å². The Bertz CT molecular complexity index is 867. The van der Waals surface area contributed by atoms with Gasteiger partial charge < -0.3 is 9.72 Å². The van der Waals surface area contributed by atoms with Crippen LogP contribution in [0.15, 0.2) is 42.5 Å². The molecule has 0 radical (unpaired) electrons. The van der Waals surface area contributed by atoms with Gasteiger partial charge in [-0.25, -0.2) is 4.98 Å². The third-order valence-electron chi connectivity index (χ3n) is 3.51. The second-order valence-corrected chi connectivity index (χ2v) is 5.00. The highest BCUT2D eigenvalue weighted by Crippen LogP contribution is 2.23. The van der Waals surface area contributed by atoms with Crippen molar-refractivity contribution >= 4 is 22.7 Å². The van der Waals surface area contributed by atoms with E-state index in [4.69, 9.17) is 4.74 Å². The number of hydrogen-bond donors (Lipinski definition) is 1. The van der Waals surface area contributed by atoms with E-state index in [1.54, 1.807) is 13.2 Å². The van der Waals surface area contributed by atoms with Crippen LogP contribution in [0.25, 0.3) is 22.7 Å². The molecular formula is C18H15N3O. The first-order chi connectivity index (χ1) is 10.7. The lowest BCUT2D eigenvalue weighted by molar-refractivity contribution is 0.411. The van der Waals surface area contributed by atoms with E-state index < -0.39 is 0 Å². The summed E-state index contributed by atoms with van der Waals surface area (Å²) in [5.41, 5.74) is 4.21. The minimum absolute atomic E-state index is 0.488. The number of nitriles is 1. The topological polar surface area (TPSA) is 61.7 Å². The molecule has 0 saturated heterocycles. The second-order valence-electron chi connectivity index (χ2n) is 5.00. The molecule has 0 fully saturated rings. The molecule has 0 amide bonds. The fourth-order valence-electron chi connectivity index (χ4n) is 2.33. The predicted octanol–water partition coefficient (Wildman–Crippen LogP) is 3.94. The number of para-hydroxylation sites is 2. The van der Waals surface area contributed by atoms with Gasteiger partial charge in [0.05, 0.1) is 23.7 Å². The molecule has 108 valence electrons. The Morgan fingerprint density at radius 1 is 1.27 bits per heavy atom. The lowest BCUT2D eigenvalue weighted by atomic mass is 10.1. The maximum absolute atomic E-state index is 9.44. The number of ether oxygens (including phenoxy) is 1. The zero-order valence-corrected chi connectivity index (χ0v) is 12.4. The average molecular weight is 289 g/mol. The van der Waals surface area contributed by atoms with Gasteiger partial charge in [-0.2, -0.15) is 5.26 Å². The van der Waals surface area contributed by atoms with Crippen molar-refractivity contribution in [1.82, 2.24) is 9.97 Å².